The fourth-order valence-electron chi connectivity index (χ4n) is 1.99. The van der Waals surface area contributed by atoms with Gasteiger partial charge in [-0.15, -0.1) is 0 Å². The highest BCUT2D eigenvalue weighted by Gasteiger charge is 2.20. The first-order chi connectivity index (χ1) is 10.5. The molecule has 1 atom stereocenters. The lowest BCUT2D eigenvalue weighted by atomic mass is 10.1. The number of nitrogens with one attached hydrogen (secondary N) is 1. The Labute approximate surface area is 130 Å². The van der Waals surface area contributed by atoms with Crippen LogP contribution in [0.3, 0.4) is 0 Å². The molecule has 0 aliphatic heterocycles. The maximum atomic E-state index is 12.2. The summed E-state index contributed by atoms with van der Waals surface area (Å²) in [6.07, 6.45) is 2.02. The van der Waals surface area contributed by atoms with Gasteiger partial charge in [0.25, 0.3) is 5.91 Å². The molecule has 0 saturated carbocycles. The Morgan fingerprint density at radius 2 is 2.00 bits per heavy atom. The molecule has 0 heterocycles. The molecule has 6 heteroatoms. The number of carboxylic acid groups (broad SMARTS) is 1. The quantitative estimate of drug-likeness (QED) is 0.732. The molecule has 0 aromatic heterocycles. The van der Waals surface area contributed by atoms with E-state index in [1.165, 1.54) is 7.11 Å². The Balaban J connectivity index is 2.85. The minimum absolute atomic E-state index is 0.336. The summed E-state index contributed by atoms with van der Waals surface area (Å²) in [5.41, 5.74) is 0.336. The van der Waals surface area contributed by atoms with Gasteiger partial charge in [-0.3, -0.25) is 4.79 Å². The molecular weight excluding hydrogens is 286 g/mol. The number of rotatable bonds is 9. The number of carbonyl (C=O) groups excluding carboxylic acids is 1. The molecule has 1 aromatic carbocycles. The fraction of sp³-hybridized carbons (Fsp3) is 0.500. The van der Waals surface area contributed by atoms with Crippen LogP contribution in [0.25, 0.3) is 0 Å². The van der Waals surface area contributed by atoms with E-state index in [4.69, 9.17) is 14.6 Å². The van der Waals surface area contributed by atoms with E-state index in [0.29, 0.717) is 30.1 Å². The molecule has 0 aliphatic rings. The molecular formula is C16H23NO5. The van der Waals surface area contributed by atoms with Crippen LogP contribution in [0.15, 0.2) is 18.2 Å². The van der Waals surface area contributed by atoms with Crippen LogP contribution in [0.5, 0.6) is 11.5 Å². The zero-order valence-corrected chi connectivity index (χ0v) is 13.2. The van der Waals surface area contributed by atoms with Crippen molar-refractivity contribution in [3.05, 3.63) is 23.8 Å². The van der Waals surface area contributed by atoms with Crippen molar-refractivity contribution in [3.8, 4) is 11.5 Å². The van der Waals surface area contributed by atoms with Crippen LogP contribution < -0.4 is 14.8 Å². The topological polar surface area (TPSA) is 84.9 Å². The van der Waals surface area contributed by atoms with Gasteiger partial charge in [0.15, 0.2) is 11.5 Å². The molecule has 0 fully saturated rings. The molecule has 0 bridgehead atoms. The van der Waals surface area contributed by atoms with Crippen molar-refractivity contribution in [1.82, 2.24) is 5.32 Å². The number of carbonyl (C=O) groups is 2. The first-order valence-corrected chi connectivity index (χ1v) is 7.37. The van der Waals surface area contributed by atoms with Gasteiger partial charge in [-0.25, -0.2) is 4.79 Å². The average molecular weight is 309 g/mol. The van der Waals surface area contributed by atoms with E-state index in [2.05, 4.69) is 5.32 Å². The number of ether oxygens (including phenoxy) is 2. The maximum Gasteiger partial charge on any atom is 0.326 e. The Bertz CT molecular complexity index is 515. The van der Waals surface area contributed by atoms with Crippen LogP contribution in [0.1, 0.15) is 43.5 Å². The summed E-state index contributed by atoms with van der Waals surface area (Å²) >= 11 is 0. The van der Waals surface area contributed by atoms with Gasteiger partial charge in [-0.1, -0.05) is 19.8 Å². The van der Waals surface area contributed by atoms with E-state index < -0.39 is 17.9 Å². The molecule has 122 valence electrons. The highest BCUT2D eigenvalue weighted by atomic mass is 16.5. The molecule has 0 saturated heterocycles. The zero-order chi connectivity index (χ0) is 16.5. The summed E-state index contributed by atoms with van der Waals surface area (Å²) in [7, 11) is 1.49. The summed E-state index contributed by atoms with van der Waals surface area (Å²) < 4.78 is 10.6. The molecule has 6 nitrogen and oxygen atoms in total. The first-order valence-electron chi connectivity index (χ1n) is 7.37. The van der Waals surface area contributed by atoms with Gasteiger partial charge in [0.1, 0.15) is 6.04 Å². The minimum Gasteiger partial charge on any atom is -0.493 e. The Kier molecular flexibility index (Phi) is 7.22. The fourth-order valence-corrected chi connectivity index (χ4v) is 1.99. The largest absolute Gasteiger partial charge is 0.493 e. The van der Waals surface area contributed by atoms with Crippen molar-refractivity contribution in [2.75, 3.05) is 13.7 Å². The van der Waals surface area contributed by atoms with E-state index in [-0.39, 0.29) is 0 Å². The van der Waals surface area contributed by atoms with E-state index in [1.807, 2.05) is 13.8 Å². The lowest BCUT2D eigenvalue weighted by Gasteiger charge is -2.15. The predicted molar refractivity (Wildman–Crippen MR) is 82.6 cm³/mol. The molecule has 1 amide bonds. The minimum atomic E-state index is -1.03. The van der Waals surface area contributed by atoms with Crippen LogP contribution in [-0.4, -0.2) is 36.7 Å². The molecule has 1 aromatic rings. The Morgan fingerprint density at radius 3 is 2.55 bits per heavy atom. The summed E-state index contributed by atoms with van der Waals surface area (Å²) in [4.78, 5) is 23.4. The van der Waals surface area contributed by atoms with E-state index in [0.717, 1.165) is 12.8 Å². The molecule has 0 spiro atoms. The molecule has 22 heavy (non-hydrogen) atoms. The second-order valence-corrected chi connectivity index (χ2v) is 4.81. The molecule has 1 rings (SSSR count). The lowest BCUT2D eigenvalue weighted by molar-refractivity contribution is -0.139. The van der Waals surface area contributed by atoms with Gasteiger partial charge >= 0.3 is 5.97 Å². The normalized spacial score (nSPS) is 11.6. The van der Waals surface area contributed by atoms with Crippen LogP contribution in [0.4, 0.5) is 0 Å². The second kappa shape index (κ2) is 8.92. The van der Waals surface area contributed by atoms with Gasteiger partial charge in [-0.2, -0.15) is 0 Å². The number of unbranched alkanes of at least 4 members (excludes halogenated alkanes) is 1. The molecule has 2 N–H and O–H groups in total. The number of hydrogen-bond donors (Lipinski definition) is 2. The number of hydrogen-bond acceptors (Lipinski definition) is 4. The van der Waals surface area contributed by atoms with E-state index >= 15 is 0 Å². The van der Waals surface area contributed by atoms with Crippen molar-refractivity contribution >= 4 is 11.9 Å². The van der Waals surface area contributed by atoms with Crippen LogP contribution in [-0.2, 0) is 4.79 Å². The van der Waals surface area contributed by atoms with Crippen LogP contribution in [0, 0.1) is 0 Å². The Morgan fingerprint density at radius 1 is 1.27 bits per heavy atom. The average Bonchev–Trinajstić information content (AvgIpc) is 2.51. The number of amides is 1. The smallest absolute Gasteiger partial charge is 0.326 e. The maximum absolute atomic E-state index is 12.2. The van der Waals surface area contributed by atoms with Gasteiger partial charge in [0.05, 0.1) is 13.7 Å². The molecule has 0 radical (unpaired) electrons. The summed E-state index contributed by atoms with van der Waals surface area (Å²) in [6, 6.07) is 3.88. The van der Waals surface area contributed by atoms with E-state index in [9.17, 15) is 9.59 Å². The molecule has 0 aliphatic carbocycles. The number of benzene rings is 1. The summed E-state index contributed by atoms with van der Waals surface area (Å²) in [6.45, 7) is 4.31. The summed E-state index contributed by atoms with van der Waals surface area (Å²) in [5.74, 6) is -0.484. The number of aliphatic carboxylic acids is 1. The van der Waals surface area contributed by atoms with Crippen LogP contribution >= 0.6 is 0 Å². The second-order valence-electron chi connectivity index (χ2n) is 4.81. The SMILES string of the molecule is CCCC[C@H](NC(=O)c1ccc(OCC)c(OC)c1)C(=O)O. The Hall–Kier alpha value is -2.24. The predicted octanol–water partition coefficient (Wildman–Crippen LogP) is 2.47. The van der Waals surface area contributed by atoms with Crippen molar-refractivity contribution in [2.45, 2.75) is 39.2 Å². The van der Waals surface area contributed by atoms with Gasteiger partial charge in [0.2, 0.25) is 0 Å². The highest BCUT2D eigenvalue weighted by Crippen LogP contribution is 2.28. The van der Waals surface area contributed by atoms with Gasteiger partial charge in [0, 0.05) is 5.56 Å². The third-order valence-corrected chi connectivity index (χ3v) is 3.18. The van der Waals surface area contributed by atoms with Crippen molar-refractivity contribution in [1.29, 1.82) is 0 Å². The standard InChI is InChI=1S/C16H23NO5/c1-4-6-7-12(16(19)20)17-15(18)11-8-9-13(22-5-2)14(10-11)21-3/h8-10,12H,4-7H2,1-3H3,(H,17,18)(H,19,20)/t12-/m0/s1. The summed E-state index contributed by atoms with van der Waals surface area (Å²) in [5, 5.41) is 11.7. The first kappa shape index (κ1) is 17.8. The monoisotopic (exact) mass is 309 g/mol. The van der Waals surface area contributed by atoms with Crippen molar-refractivity contribution in [2.24, 2.45) is 0 Å². The van der Waals surface area contributed by atoms with Gasteiger partial charge in [-0.05, 0) is 31.5 Å². The van der Waals surface area contributed by atoms with Gasteiger partial charge < -0.3 is 19.9 Å². The van der Waals surface area contributed by atoms with Crippen molar-refractivity contribution < 1.29 is 24.2 Å². The number of methoxy groups -OCH3 is 1. The zero-order valence-electron chi connectivity index (χ0n) is 13.2. The number of carboxylic acids is 1. The highest BCUT2D eigenvalue weighted by molar-refractivity contribution is 5.97. The van der Waals surface area contributed by atoms with E-state index in [1.54, 1.807) is 18.2 Å². The lowest BCUT2D eigenvalue weighted by Crippen LogP contribution is -2.40. The third-order valence-electron chi connectivity index (χ3n) is 3.18. The third kappa shape index (κ3) is 4.95. The molecule has 0 unspecified atom stereocenters. The van der Waals surface area contributed by atoms with Crippen LogP contribution in [0.2, 0.25) is 0 Å². The van der Waals surface area contributed by atoms with Crippen molar-refractivity contribution in [3.63, 3.8) is 0 Å².